The lowest BCUT2D eigenvalue weighted by Gasteiger charge is -2.12. The maximum absolute atomic E-state index is 8.91. The molecule has 1 aromatic rings. The first-order valence-electron chi connectivity index (χ1n) is 5.23. The molecular weight excluding hydrogens is 226 g/mol. The van der Waals surface area contributed by atoms with E-state index in [0.29, 0.717) is 22.9 Å². The number of hydrogen-bond acceptors (Lipinski definition) is 3. The number of rotatable bonds is 3. The third-order valence-corrected chi connectivity index (χ3v) is 2.75. The van der Waals surface area contributed by atoms with Gasteiger partial charge in [-0.25, -0.2) is 0 Å². The molecule has 0 aliphatic carbocycles. The highest BCUT2D eigenvalue weighted by Crippen LogP contribution is 2.23. The molecule has 0 amide bonds. The molecule has 2 rings (SSSR count). The van der Waals surface area contributed by atoms with Crippen LogP contribution in [-0.4, -0.2) is 19.3 Å². The van der Waals surface area contributed by atoms with E-state index >= 15 is 0 Å². The van der Waals surface area contributed by atoms with Crippen LogP contribution in [0.15, 0.2) is 18.2 Å². The SMILES string of the molecule is N#Cc1cc(Cl)ccc1OCC1CCCO1. The predicted octanol–water partition coefficient (Wildman–Crippen LogP) is 2.77. The topological polar surface area (TPSA) is 42.2 Å². The second-order valence-electron chi connectivity index (χ2n) is 3.70. The van der Waals surface area contributed by atoms with Gasteiger partial charge in [0, 0.05) is 11.6 Å². The van der Waals surface area contributed by atoms with E-state index in [4.69, 9.17) is 26.3 Å². The van der Waals surface area contributed by atoms with Crippen molar-refractivity contribution in [2.24, 2.45) is 0 Å². The van der Waals surface area contributed by atoms with Crippen molar-refractivity contribution < 1.29 is 9.47 Å². The number of nitriles is 1. The van der Waals surface area contributed by atoms with Crippen molar-refractivity contribution >= 4 is 11.6 Å². The Kier molecular flexibility index (Phi) is 3.66. The predicted molar refractivity (Wildman–Crippen MR) is 60.6 cm³/mol. The molecule has 1 saturated heterocycles. The van der Waals surface area contributed by atoms with Crippen LogP contribution in [0.4, 0.5) is 0 Å². The molecule has 3 nitrogen and oxygen atoms in total. The maximum atomic E-state index is 8.91. The fourth-order valence-corrected chi connectivity index (χ4v) is 1.85. The Balaban J connectivity index is 2.00. The van der Waals surface area contributed by atoms with Crippen LogP contribution in [-0.2, 0) is 4.74 Å². The second kappa shape index (κ2) is 5.20. The van der Waals surface area contributed by atoms with Gasteiger partial charge in [0.05, 0.1) is 11.7 Å². The zero-order valence-corrected chi connectivity index (χ0v) is 9.54. The van der Waals surface area contributed by atoms with Crippen LogP contribution in [0.2, 0.25) is 5.02 Å². The van der Waals surface area contributed by atoms with Crippen molar-refractivity contribution in [3.8, 4) is 11.8 Å². The average molecular weight is 238 g/mol. The van der Waals surface area contributed by atoms with Gasteiger partial charge in [0.2, 0.25) is 0 Å². The first-order valence-corrected chi connectivity index (χ1v) is 5.61. The average Bonchev–Trinajstić information content (AvgIpc) is 2.80. The van der Waals surface area contributed by atoms with Crippen LogP contribution in [0.3, 0.4) is 0 Å². The van der Waals surface area contributed by atoms with Gasteiger partial charge in [0.15, 0.2) is 0 Å². The zero-order valence-electron chi connectivity index (χ0n) is 8.78. The van der Waals surface area contributed by atoms with Gasteiger partial charge >= 0.3 is 0 Å². The van der Waals surface area contributed by atoms with Crippen molar-refractivity contribution in [3.05, 3.63) is 28.8 Å². The quantitative estimate of drug-likeness (QED) is 0.812. The monoisotopic (exact) mass is 237 g/mol. The van der Waals surface area contributed by atoms with Gasteiger partial charge in [-0.1, -0.05) is 11.6 Å². The van der Waals surface area contributed by atoms with Gasteiger partial charge in [0.25, 0.3) is 0 Å². The van der Waals surface area contributed by atoms with E-state index in [0.717, 1.165) is 19.4 Å². The van der Waals surface area contributed by atoms with Gasteiger partial charge in [-0.05, 0) is 31.0 Å². The molecule has 1 aliphatic rings. The summed E-state index contributed by atoms with van der Waals surface area (Å²) in [4.78, 5) is 0. The summed E-state index contributed by atoms with van der Waals surface area (Å²) in [5.74, 6) is 0.572. The number of ether oxygens (including phenoxy) is 2. The lowest BCUT2D eigenvalue weighted by Crippen LogP contribution is -2.16. The molecule has 0 N–H and O–H groups in total. The molecule has 84 valence electrons. The summed E-state index contributed by atoms with van der Waals surface area (Å²) < 4.78 is 11.0. The summed E-state index contributed by atoms with van der Waals surface area (Å²) in [5, 5.41) is 9.46. The standard InChI is InChI=1S/C12H12ClNO2/c13-10-3-4-12(9(6-10)7-14)16-8-11-2-1-5-15-11/h3-4,6,11H,1-2,5,8H2. The van der Waals surface area contributed by atoms with Gasteiger partial charge in [0.1, 0.15) is 18.4 Å². The van der Waals surface area contributed by atoms with Crippen LogP contribution in [0, 0.1) is 11.3 Å². The summed E-state index contributed by atoms with van der Waals surface area (Å²) in [6.45, 7) is 1.30. The number of nitrogens with zero attached hydrogens (tertiary/aromatic N) is 1. The van der Waals surface area contributed by atoms with Crippen molar-refractivity contribution in [3.63, 3.8) is 0 Å². The minimum absolute atomic E-state index is 0.155. The highest BCUT2D eigenvalue weighted by Gasteiger charge is 2.16. The molecule has 0 bridgehead atoms. The van der Waals surface area contributed by atoms with Gasteiger partial charge in [-0.3, -0.25) is 0 Å². The fraction of sp³-hybridized carbons (Fsp3) is 0.417. The third-order valence-electron chi connectivity index (χ3n) is 2.51. The molecule has 0 spiro atoms. The van der Waals surface area contributed by atoms with E-state index in [2.05, 4.69) is 6.07 Å². The molecule has 16 heavy (non-hydrogen) atoms. The summed E-state index contributed by atoms with van der Waals surface area (Å²) >= 11 is 5.79. The summed E-state index contributed by atoms with van der Waals surface area (Å²) in [7, 11) is 0. The smallest absolute Gasteiger partial charge is 0.137 e. The Hall–Kier alpha value is -1.24. The lowest BCUT2D eigenvalue weighted by atomic mass is 10.2. The van der Waals surface area contributed by atoms with Crippen LogP contribution in [0.1, 0.15) is 18.4 Å². The normalized spacial score (nSPS) is 19.4. The number of benzene rings is 1. The Bertz CT molecular complexity index is 408. The van der Waals surface area contributed by atoms with Gasteiger partial charge in [-0.15, -0.1) is 0 Å². The van der Waals surface area contributed by atoms with Crippen molar-refractivity contribution in [1.29, 1.82) is 5.26 Å². The van der Waals surface area contributed by atoms with Gasteiger partial charge in [-0.2, -0.15) is 5.26 Å². The second-order valence-corrected chi connectivity index (χ2v) is 4.13. The van der Waals surface area contributed by atoms with Gasteiger partial charge < -0.3 is 9.47 Å². The van der Waals surface area contributed by atoms with Crippen LogP contribution >= 0.6 is 11.6 Å². The molecular formula is C12H12ClNO2. The highest BCUT2D eigenvalue weighted by atomic mass is 35.5. The van der Waals surface area contributed by atoms with Crippen LogP contribution < -0.4 is 4.74 Å². The van der Waals surface area contributed by atoms with E-state index in [1.165, 1.54) is 0 Å². The molecule has 4 heteroatoms. The molecule has 1 heterocycles. The molecule has 0 aromatic heterocycles. The Morgan fingerprint density at radius 2 is 2.44 bits per heavy atom. The highest BCUT2D eigenvalue weighted by molar-refractivity contribution is 6.30. The molecule has 0 saturated carbocycles. The molecule has 1 atom stereocenters. The summed E-state index contributed by atoms with van der Waals surface area (Å²) in [6, 6.07) is 7.10. The van der Waals surface area contributed by atoms with Crippen molar-refractivity contribution in [2.75, 3.05) is 13.2 Å². The first kappa shape index (κ1) is 11.3. The minimum Gasteiger partial charge on any atom is -0.489 e. The van der Waals surface area contributed by atoms with Crippen LogP contribution in [0.5, 0.6) is 5.75 Å². The van der Waals surface area contributed by atoms with E-state index in [-0.39, 0.29) is 6.10 Å². The molecule has 1 aliphatic heterocycles. The van der Waals surface area contributed by atoms with E-state index in [1.807, 2.05) is 0 Å². The van der Waals surface area contributed by atoms with Crippen molar-refractivity contribution in [1.82, 2.24) is 0 Å². The van der Waals surface area contributed by atoms with Crippen molar-refractivity contribution in [2.45, 2.75) is 18.9 Å². The first-order chi connectivity index (χ1) is 7.79. The maximum Gasteiger partial charge on any atom is 0.137 e. The number of halogens is 1. The Morgan fingerprint density at radius 3 is 3.12 bits per heavy atom. The van der Waals surface area contributed by atoms with E-state index in [1.54, 1.807) is 18.2 Å². The third kappa shape index (κ3) is 2.66. The fourth-order valence-electron chi connectivity index (χ4n) is 1.67. The summed E-state index contributed by atoms with van der Waals surface area (Å²) in [6.07, 6.45) is 2.26. The lowest BCUT2D eigenvalue weighted by molar-refractivity contribution is 0.0678. The number of hydrogen-bond donors (Lipinski definition) is 0. The molecule has 0 radical (unpaired) electrons. The van der Waals surface area contributed by atoms with E-state index < -0.39 is 0 Å². The zero-order chi connectivity index (χ0) is 11.4. The Labute approximate surface area is 99.5 Å². The molecule has 1 unspecified atom stereocenters. The summed E-state index contributed by atoms with van der Waals surface area (Å²) in [5.41, 5.74) is 0.463. The molecule has 1 aromatic carbocycles. The van der Waals surface area contributed by atoms with Crippen LogP contribution in [0.25, 0.3) is 0 Å². The minimum atomic E-state index is 0.155. The largest absolute Gasteiger partial charge is 0.489 e. The van der Waals surface area contributed by atoms with E-state index in [9.17, 15) is 0 Å². The molecule has 1 fully saturated rings. The Morgan fingerprint density at radius 1 is 1.56 bits per heavy atom.